The number of aromatic nitrogens is 2. The van der Waals surface area contributed by atoms with Crippen molar-refractivity contribution in [1.29, 1.82) is 0 Å². The molecule has 0 saturated carbocycles. The maximum absolute atomic E-state index is 12.1. The van der Waals surface area contributed by atoms with E-state index in [2.05, 4.69) is 10.1 Å². The molecule has 0 bridgehead atoms. The van der Waals surface area contributed by atoms with E-state index in [1.165, 1.54) is 12.1 Å². The zero-order valence-corrected chi connectivity index (χ0v) is 15.5. The van der Waals surface area contributed by atoms with Crippen LogP contribution in [0.4, 0.5) is 0 Å². The molecule has 1 aromatic heterocycles. The maximum atomic E-state index is 12.1. The molecule has 0 fully saturated rings. The van der Waals surface area contributed by atoms with E-state index in [-0.39, 0.29) is 23.4 Å². The van der Waals surface area contributed by atoms with Crippen LogP contribution in [0.2, 0.25) is 10.0 Å². The number of halogens is 2. The molecule has 3 aromatic rings. The highest BCUT2D eigenvalue weighted by Crippen LogP contribution is 2.21. The van der Waals surface area contributed by atoms with Gasteiger partial charge in [-0.15, -0.1) is 0 Å². The second-order valence-electron chi connectivity index (χ2n) is 5.59. The number of ether oxygens (including phenoxy) is 1. The molecule has 3 rings (SSSR count). The molecule has 0 N–H and O–H groups in total. The number of Topliss-reactive ketones (excluding diaryl/α,β-unsaturated/α-hetero) is 1. The van der Waals surface area contributed by atoms with Gasteiger partial charge in [-0.25, -0.2) is 0 Å². The summed E-state index contributed by atoms with van der Waals surface area (Å²) in [7, 11) is 0. The van der Waals surface area contributed by atoms with Gasteiger partial charge in [0.15, 0.2) is 6.61 Å². The number of carbonyl (C=O) groups is 2. The quantitative estimate of drug-likeness (QED) is 0.428. The number of ketones is 1. The van der Waals surface area contributed by atoms with Crippen LogP contribution in [-0.2, 0) is 16.0 Å². The molecule has 0 unspecified atom stereocenters. The Bertz CT molecular complexity index is 957. The third-order valence-corrected chi connectivity index (χ3v) is 4.19. The minimum Gasteiger partial charge on any atom is -0.457 e. The van der Waals surface area contributed by atoms with Gasteiger partial charge in [0.05, 0.1) is 11.4 Å². The molecule has 0 spiro atoms. The summed E-state index contributed by atoms with van der Waals surface area (Å²) in [6.07, 6.45) is 0.229. The van der Waals surface area contributed by atoms with Crippen LogP contribution in [0.25, 0.3) is 11.4 Å². The number of rotatable bonds is 7. The molecule has 2 aromatic carbocycles. The van der Waals surface area contributed by atoms with Gasteiger partial charge in [0.2, 0.25) is 17.5 Å². The lowest BCUT2D eigenvalue weighted by molar-refractivity contribution is -0.142. The topological polar surface area (TPSA) is 82.3 Å². The lowest BCUT2D eigenvalue weighted by Crippen LogP contribution is -2.15. The number of hydrogen-bond donors (Lipinski definition) is 0. The molecular formula is C19H14Cl2N2O4. The SMILES string of the molecule is O=C(CCc1nc(-c2ccccc2)no1)OCC(=O)c1ccc(Cl)cc1Cl. The van der Waals surface area contributed by atoms with Crippen LogP contribution in [0.1, 0.15) is 22.7 Å². The van der Waals surface area contributed by atoms with Gasteiger partial charge < -0.3 is 9.26 Å². The van der Waals surface area contributed by atoms with Crippen molar-refractivity contribution in [2.75, 3.05) is 6.61 Å². The number of aryl methyl sites for hydroxylation is 1. The third-order valence-electron chi connectivity index (χ3n) is 3.64. The largest absolute Gasteiger partial charge is 0.457 e. The van der Waals surface area contributed by atoms with E-state index in [1.807, 2.05) is 30.3 Å². The summed E-state index contributed by atoms with van der Waals surface area (Å²) in [6.45, 7) is -0.403. The summed E-state index contributed by atoms with van der Waals surface area (Å²) >= 11 is 11.7. The van der Waals surface area contributed by atoms with Crippen LogP contribution in [0, 0.1) is 0 Å². The van der Waals surface area contributed by atoms with E-state index < -0.39 is 18.4 Å². The van der Waals surface area contributed by atoms with Crippen LogP contribution >= 0.6 is 23.2 Å². The molecule has 1 heterocycles. The van der Waals surface area contributed by atoms with E-state index in [4.69, 9.17) is 32.5 Å². The summed E-state index contributed by atoms with van der Waals surface area (Å²) in [6, 6.07) is 13.8. The van der Waals surface area contributed by atoms with Gasteiger partial charge in [-0.2, -0.15) is 4.98 Å². The normalized spacial score (nSPS) is 10.6. The first-order chi connectivity index (χ1) is 13.0. The van der Waals surface area contributed by atoms with Gasteiger partial charge in [-0.3, -0.25) is 9.59 Å². The molecular weight excluding hydrogens is 391 g/mol. The predicted octanol–water partition coefficient (Wildman–Crippen LogP) is 4.40. The van der Waals surface area contributed by atoms with E-state index in [1.54, 1.807) is 6.07 Å². The van der Waals surface area contributed by atoms with Crippen molar-refractivity contribution in [2.45, 2.75) is 12.8 Å². The first kappa shape index (κ1) is 19.1. The summed E-state index contributed by atoms with van der Waals surface area (Å²) in [5, 5.41) is 4.51. The first-order valence-corrected chi connectivity index (χ1v) is 8.80. The Morgan fingerprint density at radius 1 is 1.07 bits per heavy atom. The maximum Gasteiger partial charge on any atom is 0.306 e. The molecule has 0 aliphatic rings. The smallest absolute Gasteiger partial charge is 0.306 e. The van der Waals surface area contributed by atoms with Crippen LogP contribution in [-0.4, -0.2) is 28.5 Å². The Kier molecular flexibility index (Phi) is 6.21. The van der Waals surface area contributed by atoms with Crippen molar-refractivity contribution >= 4 is 35.0 Å². The number of esters is 1. The Labute approximate surface area is 165 Å². The van der Waals surface area contributed by atoms with Crippen molar-refractivity contribution in [3.63, 3.8) is 0 Å². The molecule has 27 heavy (non-hydrogen) atoms. The van der Waals surface area contributed by atoms with Crippen molar-refractivity contribution in [3.8, 4) is 11.4 Å². The molecule has 0 amide bonds. The molecule has 0 aliphatic heterocycles. The van der Waals surface area contributed by atoms with Gasteiger partial charge in [-0.05, 0) is 18.2 Å². The lowest BCUT2D eigenvalue weighted by atomic mass is 10.1. The monoisotopic (exact) mass is 404 g/mol. The van der Waals surface area contributed by atoms with Crippen LogP contribution in [0.15, 0.2) is 53.1 Å². The van der Waals surface area contributed by atoms with E-state index in [9.17, 15) is 9.59 Å². The van der Waals surface area contributed by atoms with Gasteiger partial charge in [0.1, 0.15) is 0 Å². The van der Waals surface area contributed by atoms with E-state index in [0.717, 1.165) is 5.56 Å². The summed E-state index contributed by atoms with van der Waals surface area (Å²) in [5.74, 6) is -0.188. The fourth-order valence-corrected chi connectivity index (χ4v) is 2.80. The second kappa shape index (κ2) is 8.79. The van der Waals surface area contributed by atoms with Crippen molar-refractivity contribution in [1.82, 2.24) is 10.1 Å². The number of benzene rings is 2. The highest BCUT2D eigenvalue weighted by Gasteiger charge is 2.15. The highest BCUT2D eigenvalue weighted by atomic mass is 35.5. The number of hydrogen-bond acceptors (Lipinski definition) is 6. The molecule has 8 heteroatoms. The lowest BCUT2D eigenvalue weighted by Gasteiger charge is -2.05. The Morgan fingerprint density at radius 2 is 1.85 bits per heavy atom. The molecule has 6 nitrogen and oxygen atoms in total. The van der Waals surface area contributed by atoms with E-state index >= 15 is 0 Å². The number of carbonyl (C=O) groups excluding carboxylic acids is 2. The average molecular weight is 405 g/mol. The second-order valence-corrected chi connectivity index (χ2v) is 6.43. The van der Waals surface area contributed by atoms with Gasteiger partial charge in [0, 0.05) is 22.6 Å². The van der Waals surface area contributed by atoms with Gasteiger partial charge in [-0.1, -0.05) is 58.7 Å². The van der Waals surface area contributed by atoms with E-state index in [0.29, 0.717) is 16.7 Å². The van der Waals surface area contributed by atoms with Crippen LogP contribution in [0.3, 0.4) is 0 Å². The van der Waals surface area contributed by atoms with Crippen LogP contribution in [0.5, 0.6) is 0 Å². The van der Waals surface area contributed by atoms with Crippen molar-refractivity contribution in [3.05, 3.63) is 70.0 Å². The van der Waals surface area contributed by atoms with Crippen LogP contribution < -0.4 is 0 Å². The Balaban J connectivity index is 1.49. The predicted molar refractivity (Wildman–Crippen MR) is 99.8 cm³/mol. The molecule has 0 radical (unpaired) electrons. The molecule has 138 valence electrons. The zero-order valence-electron chi connectivity index (χ0n) is 14.0. The van der Waals surface area contributed by atoms with Gasteiger partial charge in [0.25, 0.3) is 0 Å². The average Bonchev–Trinajstić information content (AvgIpc) is 3.14. The summed E-state index contributed by atoms with van der Waals surface area (Å²) < 4.78 is 10.1. The van der Waals surface area contributed by atoms with Crippen molar-refractivity contribution in [2.24, 2.45) is 0 Å². The minimum absolute atomic E-state index is 0.0120. The highest BCUT2D eigenvalue weighted by molar-refractivity contribution is 6.36. The first-order valence-electron chi connectivity index (χ1n) is 8.05. The Hall–Kier alpha value is -2.70. The van der Waals surface area contributed by atoms with Gasteiger partial charge >= 0.3 is 5.97 Å². The summed E-state index contributed by atoms with van der Waals surface area (Å²) in [4.78, 5) is 28.2. The fourth-order valence-electron chi connectivity index (χ4n) is 2.28. The fraction of sp³-hybridized carbons (Fsp3) is 0.158. The molecule has 0 aliphatic carbocycles. The zero-order chi connectivity index (χ0) is 19.2. The number of nitrogens with zero attached hydrogens (tertiary/aromatic N) is 2. The Morgan fingerprint density at radius 3 is 2.59 bits per heavy atom. The minimum atomic E-state index is -0.548. The van der Waals surface area contributed by atoms with Crippen molar-refractivity contribution < 1.29 is 18.8 Å². The molecule has 0 saturated heterocycles. The third kappa shape index (κ3) is 5.15. The standard InChI is InChI=1S/C19H14Cl2N2O4/c20-13-6-7-14(15(21)10-13)16(24)11-26-18(25)9-8-17-22-19(23-27-17)12-4-2-1-3-5-12/h1-7,10H,8-9,11H2. The molecule has 0 atom stereocenters. The summed E-state index contributed by atoms with van der Waals surface area (Å²) in [5.41, 5.74) is 1.07.